The molecule has 0 aromatic carbocycles. The molecular weight excluding hydrogens is 270 g/mol. The minimum Gasteiger partial charge on any atom is -0.342 e. The summed E-state index contributed by atoms with van der Waals surface area (Å²) in [5.41, 5.74) is 6.97. The third-order valence-electron chi connectivity index (χ3n) is 3.86. The van der Waals surface area contributed by atoms with Gasteiger partial charge in [-0.1, -0.05) is 26.7 Å². The number of carbonyl (C=O) groups is 1. The number of nitrogens with two attached hydrogens (primary N) is 1. The molecular formula is C15H25N3OS. The first-order chi connectivity index (χ1) is 9.58. The first kappa shape index (κ1) is 15.4. The van der Waals surface area contributed by atoms with Crippen molar-refractivity contribution >= 4 is 17.2 Å². The quantitative estimate of drug-likeness (QED) is 0.929. The second kappa shape index (κ2) is 7.18. The molecule has 0 aliphatic carbocycles. The van der Waals surface area contributed by atoms with E-state index in [0.29, 0.717) is 12.3 Å². The molecule has 1 unspecified atom stereocenters. The zero-order valence-corrected chi connectivity index (χ0v) is 13.3. The van der Waals surface area contributed by atoms with Gasteiger partial charge in [0, 0.05) is 18.5 Å². The van der Waals surface area contributed by atoms with Crippen molar-refractivity contribution in [3.8, 4) is 0 Å². The van der Waals surface area contributed by atoms with E-state index in [1.807, 2.05) is 10.3 Å². The maximum absolute atomic E-state index is 12.3. The van der Waals surface area contributed by atoms with Crippen LogP contribution in [-0.2, 0) is 11.2 Å². The van der Waals surface area contributed by atoms with E-state index in [1.165, 1.54) is 12.8 Å². The second-order valence-corrected chi connectivity index (χ2v) is 6.81. The van der Waals surface area contributed by atoms with Gasteiger partial charge in [-0.15, -0.1) is 11.3 Å². The highest BCUT2D eigenvalue weighted by molar-refractivity contribution is 7.09. The molecule has 1 aromatic rings. The fraction of sp³-hybridized carbons (Fsp3) is 0.733. The lowest BCUT2D eigenvalue weighted by molar-refractivity contribution is -0.130. The van der Waals surface area contributed by atoms with Gasteiger partial charge in [0.15, 0.2) is 0 Å². The van der Waals surface area contributed by atoms with Crippen molar-refractivity contribution in [3.05, 3.63) is 16.1 Å². The predicted molar refractivity (Wildman–Crippen MR) is 82.6 cm³/mol. The number of nitrogens with zero attached hydrogens (tertiary/aromatic N) is 2. The van der Waals surface area contributed by atoms with Crippen LogP contribution in [0.2, 0.25) is 0 Å². The average molecular weight is 295 g/mol. The smallest absolute Gasteiger partial charge is 0.228 e. The van der Waals surface area contributed by atoms with Gasteiger partial charge in [0.05, 0.1) is 18.2 Å². The summed E-state index contributed by atoms with van der Waals surface area (Å²) in [6, 6.07) is -0.0259. The summed E-state index contributed by atoms with van der Waals surface area (Å²) in [6.07, 6.45) is 5.17. The molecule has 1 fully saturated rings. The van der Waals surface area contributed by atoms with Crippen LogP contribution in [0.15, 0.2) is 5.38 Å². The van der Waals surface area contributed by atoms with E-state index in [1.54, 1.807) is 11.3 Å². The van der Waals surface area contributed by atoms with Crippen LogP contribution in [0.5, 0.6) is 0 Å². The minimum absolute atomic E-state index is 0.0259. The molecule has 2 N–H and O–H groups in total. The Hall–Kier alpha value is -0.940. The van der Waals surface area contributed by atoms with E-state index >= 15 is 0 Å². The van der Waals surface area contributed by atoms with Gasteiger partial charge in [-0.05, 0) is 18.8 Å². The Morgan fingerprint density at radius 3 is 2.60 bits per heavy atom. The summed E-state index contributed by atoms with van der Waals surface area (Å²) < 4.78 is 0. The molecule has 4 nitrogen and oxygen atoms in total. The van der Waals surface area contributed by atoms with E-state index < -0.39 is 0 Å². The molecule has 20 heavy (non-hydrogen) atoms. The highest BCUT2D eigenvalue weighted by atomic mass is 32.1. The van der Waals surface area contributed by atoms with Crippen LogP contribution in [0.25, 0.3) is 0 Å². The zero-order chi connectivity index (χ0) is 14.5. The fourth-order valence-electron chi connectivity index (χ4n) is 2.43. The third kappa shape index (κ3) is 4.03. The second-order valence-electron chi connectivity index (χ2n) is 5.92. The number of likely N-dealkylation sites (tertiary alicyclic amines) is 1. The minimum atomic E-state index is -0.0259. The fourth-order valence-corrected chi connectivity index (χ4v) is 3.42. The highest BCUT2D eigenvalue weighted by Crippen LogP contribution is 2.23. The standard InChI is InChI=1S/C15H25N3OS/c1-11(2)14(16)15-17-12(10-20-15)9-13(19)18-7-5-3-4-6-8-18/h10-11,14H,3-9,16H2,1-2H3. The topological polar surface area (TPSA) is 59.2 Å². The van der Waals surface area contributed by atoms with E-state index in [9.17, 15) is 4.79 Å². The van der Waals surface area contributed by atoms with Crippen molar-refractivity contribution < 1.29 is 4.79 Å². The highest BCUT2D eigenvalue weighted by Gasteiger charge is 2.19. The van der Waals surface area contributed by atoms with Crippen molar-refractivity contribution in [2.75, 3.05) is 13.1 Å². The van der Waals surface area contributed by atoms with Crippen LogP contribution in [0.4, 0.5) is 0 Å². The van der Waals surface area contributed by atoms with Gasteiger partial charge in [0.25, 0.3) is 0 Å². The van der Waals surface area contributed by atoms with Crippen LogP contribution in [0, 0.1) is 5.92 Å². The van der Waals surface area contributed by atoms with E-state index in [2.05, 4.69) is 18.8 Å². The Kier molecular flexibility index (Phi) is 5.54. The number of amides is 1. The molecule has 1 saturated heterocycles. The number of thiazole rings is 1. The monoisotopic (exact) mass is 295 g/mol. The number of carbonyl (C=O) groups excluding carboxylic acids is 1. The normalized spacial score (nSPS) is 18.1. The van der Waals surface area contributed by atoms with Crippen LogP contribution < -0.4 is 5.73 Å². The van der Waals surface area contributed by atoms with Crippen molar-refractivity contribution in [2.45, 2.75) is 52.0 Å². The van der Waals surface area contributed by atoms with Gasteiger partial charge in [0.1, 0.15) is 5.01 Å². The Morgan fingerprint density at radius 1 is 1.35 bits per heavy atom. The SMILES string of the molecule is CC(C)C(N)c1nc(CC(=O)N2CCCCCC2)cs1. The molecule has 1 aromatic heterocycles. The number of aromatic nitrogens is 1. The predicted octanol–water partition coefficient (Wildman–Crippen LogP) is 2.74. The molecule has 0 bridgehead atoms. The molecule has 1 atom stereocenters. The van der Waals surface area contributed by atoms with E-state index in [0.717, 1.165) is 36.6 Å². The van der Waals surface area contributed by atoms with Crippen LogP contribution >= 0.6 is 11.3 Å². The number of rotatable bonds is 4. The van der Waals surface area contributed by atoms with Gasteiger partial charge < -0.3 is 10.6 Å². The summed E-state index contributed by atoms with van der Waals surface area (Å²) in [6.45, 7) is 5.99. The van der Waals surface area contributed by atoms with E-state index in [4.69, 9.17) is 5.73 Å². The lowest BCUT2D eigenvalue weighted by Gasteiger charge is -2.19. The van der Waals surface area contributed by atoms with Gasteiger partial charge >= 0.3 is 0 Å². The Morgan fingerprint density at radius 2 is 2.00 bits per heavy atom. The van der Waals surface area contributed by atoms with Crippen LogP contribution in [-0.4, -0.2) is 28.9 Å². The van der Waals surface area contributed by atoms with Crippen molar-refractivity contribution in [1.29, 1.82) is 0 Å². The summed E-state index contributed by atoms with van der Waals surface area (Å²) in [7, 11) is 0. The molecule has 112 valence electrons. The largest absolute Gasteiger partial charge is 0.342 e. The lowest BCUT2D eigenvalue weighted by Crippen LogP contribution is -2.33. The van der Waals surface area contributed by atoms with Crippen molar-refractivity contribution in [1.82, 2.24) is 9.88 Å². The first-order valence-electron chi connectivity index (χ1n) is 7.55. The Balaban J connectivity index is 1.94. The van der Waals surface area contributed by atoms with Crippen LogP contribution in [0.3, 0.4) is 0 Å². The molecule has 2 rings (SSSR count). The Bertz CT molecular complexity index is 436. The lowest BCUT2D eigenvalue weighted by atomic mass is 10.1. The Labute approximate surface area is 125 Å². The number of hydrogen-bond donors (Lipinski definition) is 1. The van der Waals surface area contributed by atoms with Gasteiger partial charge in [0.2, 0.25) is 5.91 Å². The molecule has 5 heteroatoms. The van der Waals surface area contributed by atoms with Gasteiger partial charge in [-0.2, -0.15) is 0 Å². The van der Waals surface area contributed by atoms with E-state index in [-0.39, 0.29) is 11.9 Å². The van der Waals surface area contributed by atoms with Crippen LogP contribution in [0.1, 0.15) is 56.3 Å². The molecule has 0 radical (unpaired) electrons. The van der Waals surface area contributed by atoms with Gasteiger partial charge in [-0.3, -0.25) is 4.79 Å². The molecule has 0 spiro atoms. The number of hydrogen-bond acceptors (Lipinski definition) is 4. The molecule has 0 saturated carbocycles. The first-order valence-corrected chi connectivity index (χ1v) is 8.43. The molecule has 2 heterocycles. The molecule has 1 aliphatic heterocycles. The van der Waals surface area contributed by atoms with Crippen molar-refractivity contribution in [3.63, 3.8) is 0 Å². The van der Waals surface area contributed by atoms with Gasteiger partial charge in [-0.25, -0.2) is 4.98 Å². The molecule has 1 aliphatic rings. The maximum Gasteiger partial charge on any atom is 0.228 e. The third-order valence-corrected chi connectivity index (χ3v) is 4.86. The average Bonchev–Trinajstić information content (AvgIpc) is 2.71. The summed E-state index contributed by atoms with van der Waals surface area (Å²) in [5.74, 6) is 0.581. The zero-order valence-electron chi connectivity index (χ0n) is 12.5. The summed E-state index contributed by atoms with van der Waals surface area (Å²) in [4.78, 5) is 18.8. The summed E-state index contributed by atoms with van der Waals surface area (Å²) in [5, 5.41) is 2.92. The maximum atomic E-state index is 12.3. The summed E-state index contributed by atoms with van der Waals surface area (Å²) >= 11 is 1.57. The van der Waals surface area contributed by atoms with Crippen molar-refractivity contribution in [2.24, 2.45) is 11.7 Å². The molecule has 1 amide bonds.